The molecule has 4 heteroatoms. The van der Waals surface area contributed by atoms with E-state index in [1.165, 1.54) is 4.57 Å². The first-order valence-electron chi connectivity index (χ1n) is 4.25. The lowest BCUT2D eigenvalue weighted by Crippen LogP contribution is -2.33. The fourth-order valence-corrected chi connectivity index (χ4v) is 1.01. The molecule has 0 aliphatic heterocycles. The lowest BCUT2D eigenvalue weighted by molar-refractivity contribution is 0.527. The molecule has 0 saturated carbocycles. The second-order valence-corrected chi connectivity index (χ2v) is 4.21. The molecule has 0 aliphatic rings. The quantitative estimate of drug-likeness (QED) is 0.594. The molecule has 0 spiro atoms. The van der Waals surface area contributed by atoms with E-state index in [1.54, 1.807) is 14.0 Å². The maximum absolute atomic E-state index is 11.7. The van der Waals surface area contributed by atoms with Crippen LogP contribution in [0.1, 0.15) is 32.3 Å². The second kappa shape index (κ2) is 2.94. The van der Waals surface area contributed by atoms with Crippen molar-refractivity contribution in [2.45, 2.75) is 33.1 Å². The average molecular weight is 181 g/mol. The van der Waals surface area contributed by atoms with Gasteiger partial charge in [-0.05, 0) is 6.92 Å². The van der Waals surface area contributed by atoms with Gasteiger partial charge in [0.15, 0.2) is 0 Å². The molecular weight excluding hydrogens is 166 g/mol. The largest absolute Gasteiger partial charge is 0.297 e. The van der Waals surface area contributed by atoms with Crippen molar-refractivity contribution >= 4 is 0 Å². The molecule has 0 radical (unpaired) electrons. The average Bonchev–Trinajstić information content (AvgIpc) is 1.98. The molecule has 1 heterocycles. The predicted molar refractivity (Wildman–Crippen MR) is 50.7 cm³/mol. The number of rotatable bonds is 0. The highest BCUT2D eigenvalue weighted by molar-refractivity contribution is 5.08. The highest BCUT2D eigenvalue weighted by Crippen LogP contribution is 2.14. The van der Waals surface area contributed by atoms with Gasteiger partial charge in [0.25, 0.3) is 5.56 Å². The van der Waals surface area contributed by atoms with Crippen LogP contribution in [0.5, 0.6) is 0 Å². The Morgan fingerprint density at radius 3 is 2.23 bits per heavy atom. The van der Waals surface area contributed by atoms with E-state index in [4.69, 9.17) is 0 Å². The van der Waals surface area contributed by atoms with E-state index in [0.29, 0.717) is 11.5 Å². The number of aryl methyl sites for hydroxylation is 1. The third kappa shape index (κ3) is 1.76. The van der Waals surface area contributed by atoms with E-state index in [1.807, 2.05) is 20.8 Å². The summed E-state index contributed by atoms with van der Waals surface area (Å²) in [5.41, 5.74) is 0.218. The first kappa shape index (κ1) is 9.89. The van der Waals surface area contributed by atoms with Gasteiger partial charge in [0, 0.05) is 12.5 Å². The Kier molecular flexibility index (Phi) is 2.24. The SMILES string of the molecule is Cc1nnc(C(C)(C)C)c(=O)n1C. The molecule has 0 N–H and O–H groups in total. The molecule has 0 saturated heterocycles. The van der Waals surface area contributed by atoms with Crippen molar-refractivity contribution in [3.63, 3.8) is 0 Å². The van der Waals surface area contributed by atoms with Gasteiger partial charge in [-0.1, -0.05) is 20.8 Å². The van der Waals surface area contributed by atoms with Crippen LogP contribution >= 0.6 is 0 Å². The van der Waals surface area contributed by atoms with Gasteiger partial charge in [-0.2, -0.15) is 0 Å². The monoisotopic (exact) mass is 181 g/mol. The van der Waals surface area contributed by atoms with Crippen LogP contribution in [0.2, 0.25) is 0 Å². The van der Waals surface area contributed by atoms with E-state index in [2.05, 4.69) is 10.2 Å². The van der Waals surface area contributed by atoms with Crippen LogP contribution in [0.4, 0.5) is 0 Å². The minimum absolute atomic E-state index is 0.0556. The second-order valence-electron chi connectivity index (χ2n) is 4.21. The highest BCUT2D eigenvalue weighted by Gasteiger charge is 2.21. The van der Waals surface area contributed by atoms with Gasteiger partial charge in [-0.15, -0.1) is 10.2 Å². The zero-order chi connectivity index (χ0) is 10.2. The van der Waals surface area contributed by atoms with E-state index >= 15 is 0 Å². The molecule has 13 heavy (non-hydrogen) atoms. The van der Waals surface area contributed by atoms with Crippen LogP contribution in [0.3, 0.4) is 0 Å². The molecule has 72 valence electrons. The Morgan fingerprint density at radius 1 is 1.23 bits per heavy atom. The lowest BCUT2D eigenvalue weighted by Gasteiger charge is -2.16. The van der Waals surface area contributed by atoms with Gasteiger partial charge in [0.2, 0.25) is 0 Å². The summed E-state index contributed by atoms with van der Waals surface area (Å²) in [4.78, 5) is 11.7. The van der Waals surface area contributed by atoms with Gasteiger partial charge < -0.3 is 0 Å². The van der Waals surface area contributed by atoms with Crippen LogP contribution in [0.15, 0.2) is 4.79 Å². The minimum Gasteiger partial charge on any atom is -0.297 e. The molecule has 0 bridgehead atoms. The molecule has 0 aromatic carbocycles. The molecule has 0 fully saturated rings. The predicted octanol–water partition coefficient (Wildman–Crippen LogP) is 0.781. The van der Waals surface area contributed by atoms with Gasteiger partial charge in [-0.3, -0.25) is 9.36 Å². The van der Waals surface area contributed by atoms with Gasteiger partial charge in [0.05, 0.1) is 0 Å². The van der Waals surface area contributed by atoms with Crippen LogP contribution < -0.4 is 5.56 Å². The third-order valence-electron chi connectivity index (χ3n) is 2.00. The number of aromatic nitrogens is 3. The number of hydrogen-bond acceptors (Lipinski definition) is 3. The van der Waals surface area contributed by atoms with Gasteiger partial charge >= 0.3 is 0 Å². The van der Waals surface area contributed by atoms with E-state index in [9.17, 15) is 4.79 Å². The number of hydrogen-bond donors (Lipinski definition) is 0. The smallest absolute Gasteiger partial charge is 0.275 e. The van der Waals surface area contributed by atoms with E-state index in [0.717, 1.165) is 0 Å². The highest BCUT2D eigenvalue weighted by atomic mass is 16.1. The van der Waals surface area contributed by atoms with Gasteiger partial charge in [-0.25, -0.2) is 0 Å². The van der Waals surface area contributed by atoms with Crippen LogP contribution in [-0.4, -0.2) is 14.8 Å². The van der Waals surface area contributed by atoms with Crippen LogP contribution in [-0.2, 0) is 12.5 Å². The first-order chi connectivity index (χ1) is 5.84. The van der Waals surface area contributed by atoms with E-state index < -0.39 is 0 Å². The van der Waals surface area contributed by atoms with Crippen molar-refractivity contribution in [2.24, 2.45) is 7.05 Å². The van der Waals surface area contributed by atoms with Crippen molar-refractivity contribution in [3.05, 3.63) is 21.9 Å². The Morgan fingerprint density at radius 2 is 1.77 bits per heavy atom. The standard InChI is InChI=1S/C9H15N3O/c1-6-10-11-7(9(2,3)4)8(13)12(6)5/h1-5H3. The fraction of sp³-hybridized carbons (Fsp3) is 0.667. The summed E-state index contributed by atoms with van der Waals surface area (Å²) >= 11 is 0. The Hall–Kier alpha value is -1.19. The van der Waals surface area contributed by atoms with Gasteiger partial charge in [0.1, 0.15) is 11.5 Å². The molecule has 4 nitrogen and oxygen atoms in total. The topological polar surface area (TPSA) is 47.8 Å². The normalized spacial score (nSPS) is 11.8. The molecule has 0 unspecified atom stereocenters. The van der Waals surface area contributed by atoms with Crippen molar-refractivity contribution in [1.82, 2.24) is 14.8 Å². The molecule has 0 atom stereocenters. The van der Waals surface area contributed by atoms with Crippen molar-refractivity contribution in [1.29, 1.82) is 0 Å². The van der Waals surface area contributed by atoms with E-state index in [-0.39, 0.29) is 11.0 Å². The van der Waals surface area contributed by atoms with Crippen molar-refractivity contribution in [3.8, 4) is 0 Å². The fourth-order valence-electron chi connectivity index (χ4n) is 1.01. The lowest BCUT2D eigenvalue weighted by atomic mass is 9.93. The Balaban J connectivity index is 3.44. The summed E-state index contributed by atoms with van der Waals surface area (Å²) in [5.74, 6) is 0.637. The zero-order valence-corrected chi connectivity index (χ0v) is 8.75. The molecular formula is C9H15N3O. The summed E-state index contributed by atoms with van der Waals surface area (Å²) in [6.07, 6.45) is 0. The number of nitrogens with zero attached hydrogens (tertiary/aromatic N) is 3. The molecule has 1 rings (SSSR count). The molecule has 1 aromatic rings. The maximum Gasteiger partial charge on any atom is 0.275 e. The summed E-state index contributed by atoms with van der Waals surface area (Å²) in [5, 5.41) is 7.85. The zero-order valence-electron chi connectivity index (χ0n) is 8.75. The van der Waals surface area contributed by atoms with Crippen LogP contribution in [0, 0.1) is 6.92 Å². The van der Waals surface area contributed by atoms with Crippen LogP contribution in [0.25, 0.3) is 0 Å². The minimum atomic E-state index is -0.241. The molecule has 0 aliphatic carbocycles. The first-order valence-corrected chi connectivity index (χ1v) is 4.25. The third-order valence-corrected chi connectivity index (χ3v) is 2.00. The van der Waals surface area contributed by atoms with Crippen molar-refractivity contribution in [2.75, 3.05) is 0 Å². The molecule has 0 amide bonds. The Bertz CT molecular complexity index is 373. The molecule has 1 aromatic heterocycles. The summed E-state index contributed by atoms with van der Waals surface area (Å²) in [6.45, 7) is 7.62. The maximum atomic E-state index is 11.7. The summed E-state index contributed by atoms with van der Waals surface area (Å²) in [6, 6.07) is 0. The Labute approximate surface area is 77.6 Å². The summed E-state index contributed by atoms with van der Waals surface area (Å²) in [7, 11) is 1.71. The van der Waals surface area contributed by atoms with Crippen molar-refractivity contribution < 1.29 is 0 Å². The summed E-state index contributed by atoms with van der Waals surface area (Å²) < 4.78 is 1.52.